The molecule has 2 aliphatic rings. The zero-order valence-corrected chi connectivity index (χ0v) is 18.7. The van der Waals surface area contributed by atoms with Crippen LogP contribution < -0.4 is 10.6 Å². The minimum atomic E-state index is -0.100. The first-order chi connectivity index (χ1) is 14.1. The van der Waals surface area contributed by atoms with Crippen LogP contribution in [0.25, 0.3) is 0 Å². The Morgan fingerprint density at radius 3 is 2.69 bits per heavy atom. The molecular formula is C23H29ClN4S. The van der Waals surface area contributed by atoms with E-state index in [0.29, 0.717) is 6.54 Å². The molecule has 0 aliphatic carbocycles. The molecular weight excluding hydrogens is 400 g/mol. The third-order valence-corrected chi connectivity index (χ3v) is 6.93. The van der Waals surface area contributed by atoms with E-state index < -0.39 is 0 Å². The van der Waals surface area contributed by atoms with Crippen LogP contribution in [0.3, 0.4) is 0 Å². The highest BCUT2D eigenvalue weighted by molar-refractivity contribution is 7.99. The average Bonchev–Trinajstić information content (AvgIpc) is 2.71. The lowest BCUT2D eigenvalue weighted by atomic mass is 9.87. The number of aliphatic imine (C=N–C) groups is 1. The minimum absolute atomic E-state index is 0.100. The van der Waals surface area contributed by atoms with Gasteiger partial charge in [0.2, 0.25) is 0 Å². The Bertz CT molecular complexity index is 890. The maximum Gasteiger partial charge on any atom is 0.127 e. The van der Waals surface area contributed by atoms with E-state index in [-0.39, 0.29) is 5.54 Å². The third kappa shape index (κ3) is 4.73. The van der Waals surface area contributed by atoms with Crippen LogP contribution in [0.4, 0.5) is 11.4 Å². The van der Waals surface area contributed by atoms with E-state index >= 15 is 0 Å². The Hall–Kier alpha value is -1.69. The quantitative estimate of drug-likeness (QED) is 0.691. The highest BCUT2D eigenvalue weighted by atomic mass is 35.5. The van der Waals surface area contributed by atoms with Gasteiger partial charge in [-0.25, -0.2) is 0 Å². The molecule has 0 radical (unpaired) electrons. The van der Waals surface area contributed by atoms with Crippen molar-refractivity contribution in [2.45, 2.75) is 31.3 Å². The monoisotopic (exact) mass is 428 g/mol. The second-order valence-corrected chi connectivity index (χ2v) is 9.79. The molecule has 1 spiro atoms. The number of thioether (sulfide) groups is 1. The zero-order valence-electron chi connectivity index (χ0n) is 17.2. The first kappa shape index (κ1) is 20.6. The summed E-state index contributed by atoms with van der Waals surface area (Å²) in [6, 6.07) is 14.6. The smallest absolute Gasteiger partial charge is 0.127 e. The molecule has 2 aromatic rings. The van der Waals surface area contributed by atoms with E-state index in [1.807, 2.05) is 30.0 Å². The summed E-state index contributed by atoms with van der Waals surface area (Å²) in [4.78, 5) is 7.30. The van der Waals surface area contributed by atoms with Crippen LogP contribution in [0.15, 0.2) is 47.5 Å². The molecule has 0 amide bonds. The summed E-state index contributed by atoms with van der Waals surface area (Å²) in [6.07, 6.45) is 3.18. The van der Waals surface area contributed by atoms with Gasteiger partial charge in [-0.1, -0.05) is 35.9 Å². The summed E-state index contributed by atoms with van der Waals surface area (Å²) in [5, 5.41) is 8.41. The Balaban J connectivity index is 1.66. The van der Waals surface area contributed by atoms with Gasteiger partial charge >= 0.3 is 0 Å². The molecule has 2 heterocycles. The molecule has 4 rings (SSSR count). The molecule has 2 aromatic carbocycles. The Labute approximate surface area is 183 Å². The number of hydrogen-bond acceptors (Lipinski definition) is 4. The van der Waals surface area contributed by atoms with Gasteiger partial charge in [0, 0.05) is 11.6 Å². The van der Waals surface area contributed by atoms with Crippen molar-refractivity contribution in [2.75, 3.05) is 42.8 Å². The van der Waals surface area contributed by atoms with Crippen LogP contribution in [0.1, 0.15) is 24.0 Å². The van der Waals surface area contributed by atoms with Crippen molar-refractivity contribution < 1.29 is 0 Å². The number of amidine groups is 1. The lowest BCUT2D eigenvalue weighted by Gasteiger charge is -2.44. The zero-order chi connectivity index (χ0) is 20.3. The summed E-state index contributed by atoms with van der Waals surface area (Å²) in [7, 11) is 4.24. The first-order valence-corrected chi connectivity index (χ1v) is 11.8. The van der Waals surface area contributed by atoms with E-state index in [4.69, 9.17) is 16.6 Å². The number of nitrogens with one attached hydrogen (secondary N) is 2. The molecule has 1 fully saturated rings. The molecule has 0 unspecified atom stereocenters. The van der Waals surface area contributed by atoms with Gasteiger partial charge in [-0.15, -0.1) is 0 Å². The summed E-state index contributed by atoms with van der Waals surface area (Å²) in [5.74, 6) is 3.38. The SMILES string of the molecule is CN(C)CCc1cccc2c1NC(=NCc1cccc(Cl)c1)C1(CCSCC1)N2. The van der Waals surface area contributed by atoms with Gasteiger partial charge in [0.15, 0.2) is 0 Å². The standard InChI is InChI=1S/C23H29ClN4S/c1-28(2)12-9-18-6-4-8-20-21(18)26-22(23(27-20)10-13-29-14-11-23)25-16-17-5-3-7-19(24)15-17/h3-8,15,27H,9-14,16H2,1-2H3,(H,25,26). The van der Waals surface area contributed by atoms with E-state index in [9.17, 15) is 0 Å². The number of halogens is 1. The molecule has 29 heavy (non-hydrogen) atoms. The fraction of sp³-hybridized carbons (Fsp3) is 0.435. The molecule has 0 atom stereocenters. The summed E-state index contributed by atoms with van der Waals surface area (Å²) in [6.45, 7) is 1.66. The molecule has 2 aliphatic heterocycles. The molecule has 4 nitrogen and oxygen atoms in total. The molecule has 0 bridgehead atoms. The predicted molar refractivity (Wildman–Crippen MR) is 128 cm³/mol. The normalized spacial score (nSPS) is 19.1. The van der Waals surface area contributed by atoms with Crippen LogP contribution in [-0.2, 0) is 13.0 Å². The van der Waals surface area contributed by atoms with Crippen molar-refractivity contribution in [2.24, 2.45) is 4.99 Å². The Morgan fingerprint density at radius 2 is 1.93 bits per heavy atom. The number of nitrogens with zero attached hydrogens (tertiary/aromatic N) is 2. The van der Waals surface area contributed by atoms with Crippen LogP contribution in [0.5, 0.6) is 0 Å². The number of benzene rings is 2. The second-order valence-electron chi connectivity index (χ2n) is 8.13. The summed E-state index contributed by atoms with van der Waals surface area (Å²) < 4.78 is 0. The number of anilines is 2. The number of rotatable bonds is 5. The third-order valence-electron chi connectivity index (χ3n) is 5.70. The van der Waals surface area contributed by atoms with Crippen LogP contribution in [0, 0.1) is 0 Å². The second kappa shape index (κ2) is 8.99. The number of para-hydroxylation sites is 1. The van der Waals surface area contributed by atoms with Gasteiger partial charge in [-0.3, -0.25) is 4.99 Å². The lowest BCUT2D eigenvalue weighted by Crippen LogP contribution is -2.55. The molecule has 6 heteroatoms. The minimum Gasteiger partial charge on any atom is -0.371 e. The molecule has 154 valence electrons. The van der Waals surface area contributed by atoms with Gasteiger partial charge in [-0.05, 0) is 74.2 Å². The van der Waals surface area contributed by atoms with Crippen molar-refractivity contribution in [3.05, 3.63) is 58.6 Å². The average molecular weight is 429 g/mol. The van der Waals surface area contributed by atoms with Crippen LogP contribution in [0.2, 0.25) is 5.02 Å². The lowest BCUT2D eigenvalue weighted by molar-refractivity contribution is 0.414. The largest absolute Gasteiger partial charge is 0.371 e. The fourth-order valence-electron chi connectivity index (χ4n) is 4.04. The maximum atomic E-state index is 6.17. The van der Waals surface area contributed by atoms with E-state index in [0.717, 1.165) is 53.7 Å². The van der Waals surface area contributed by atoms with Crippen LogP contribution in [-0.4, -0.2) is 48.4 Å². The molecule has 2 N–H and O–H groups in total. The topological polar surface area (TPSA) is 39.7 Å². The van der Waals surface area contributed by atoms with E-state index in [1.54, 1.807) is 0 Å². The number of likely N-dealkylation sites (N-methyl/N-ethyl adjacent to an activating group) is 1. The van der Waals surface area contributed by atoms with Gasteiger partial charge in [0.05, 0.1) is 23.5 Å². The maximum absolute atomic E-state index is 6.17. The van der Waals surface area contributed by atoms with Crippen molar-refractivity contribution in [1.29, 1.82) is 0 Å². The highest BCUT2D eigenvalue weighted by Gasteiger charge is 2.41. The Morgan fingerprint density at radius 1 is 1.14 bits per heavy atom. The van der Waals surface area contributed by atoms with Crippen molar-refractivity contribution >= 4 is 40.6 Å². The van der Waals surface area contributed by atoms with Crippen molar-refractivity contribution in [3.63, 3.8) is 0 Å². The number of fused-ring (bicyclic) bond motifs is 1. The molecule has 0 aromatic heterocycles. The van der Waals surface area contributed by atoms with Crippen molar-refractivity contribution in [1.82, 2.24) is 4.90 Å². The number of hydrogen-bond donors (Lipinski definition) is 2. The fourth-order valence-corrected chi connectivity index (χ4v) is 5.44. The summed E-state index contributed by atoms with van der Waals surface area (Å²) >= 11 is 8.20. The van der Waals surface area contributed by atoms with Gasteiger partial charge in [-0.2, -0.15) is 11.8 Å². The molecule has 1 saturated heterocycles. The van der Waals surface area contributed by atoms with Gasteiger partial charge < -0.3 is 15.5 Å². The first-order valence-electron chi connectivity index (χ1n) is 10.2. The predicted octanol–water partition coefficient (Wildman–Crippen LogP) is 5.15. The summed E-state index contributed by atoms with van der Waals surface area (Å²) in [5.41, 5.74) is 4.76. The van der Waals surface area contributed by atoms with Gasteiger partial charge in [0.1, 0.15) is 5.84 Å². The van der Waals surface area contributed by atoms with Gasteiger partial charge in [0.25, 0.3) is 0 Å². The highest BCUT2D eigenvalue weighted by Crippen LogP contribution is 2.40. The van der Waals surface area contributed by atoms with E-state index in [1.165, 1.54) is 16.9 Å². The molecule has 0 saturated carbocycles. The Kier molecular flexibility index (Phi) is 6.38. The van der Waals surface area contributed by atoms with Crippen molar-refractivity contribution in [3.8, 4) is 0 Å². The van der Waals surface area contributed by atoms with E-state index in [2.05, 4.69) is 53.9 Å². The van der Waals surface area contributed by atoms with Crippen LogP contribution >= 0.6 is 23.4 Å².